The van der Waals surface area contributed by atoms with Crippen LogP contribution in [0.4, 0.5) is 11.6 Å². The molecule has 5 nitrogen and oxygen atoms in total. The van der Waals surface area contributed by atoms with E-state index in [1.807, 2.05) is 18.2 Å². The highest BCUT2D eigenvalue weighted by Crippen LogP contribution is 2.14. The Hall–Kier alpha value is -1.33. The Labute approximate surface area is 89.6 Å². The SMILES string of the molecule is CN1CCC(Nc2cccc(NN)n2)C1. The van der Waals surface area contributed by atoms with E-state index in [1.54, 1.807) is 0 Å². The first-order valence-electron chi connectivity index (χ1n) is 5.16. The molecule has 1 unspecified atom stereocenters. The van der Waals surface area contributed by atoms with E-state index in [0.29, 0.717) is 11.9 Å². The molecule has 15 heavy (non-hydrogen) atoms. The molecule has 1 saturated heterocycles. The van der Waals surface area contributed by atoms with Gasteiger partial charge in [0.25, 0.3) is 0 Å². The average molecular weight is 207 g/mol. The molecule has 0 saturated carbocycles. The molecule has 1 aliphatic rings. The Morgan fingerprint density at radius 1 is 1.47 bits per heavy atom. The second-order valence-electron chi connectivity index (χ2n) is 3.94. The van der Waals surface area contributed by atoms with E-state index in [4.69, 9.17) is 5.84 Å². The van der Waals surface area contributed by atoms with E-state index < -0.39 is 0 Å². The molecule has 0 amide bonds. The second kappa shape index (κ2) is 4.46. The van der Waals surface area contributed by atoms with Gasteiger partial charge in [0, 0.05) is 12.6 Å². The zero-order valence-electron chi connectivity index (χ0n) is 8.90. The number of nitrogen functional groups attached to an aromatic ring is 1. The minimum Gasteiger partial charge on any atom is -0.366 e. The molecular formula is C10H17N5. The lowest BCUT2D eigenvalue weighted by molar-refractivity contribution is 0.414. The highest BCUT2D eigenvalue weighted by atomic mass is 15.3. The summed E-state index contributed by atoms with van der Waals surface area (Å²) in [4.78, 5) is 6.62. The number of hydrogen-bond acceptors (Lipinski definition) is 5. The summed E-state index contributed by atoms with van der Waals surface area (Å²) in [6.07, 6.45) is 1.17. The summed E-state index contributed by atoms with van der Waals surface area (Å²) in [7, 11) is 2.13. The number of rotatable bonds is 3. The predicted molar refractivity (Wildman–Crippen MR) is 61.6 cm³/mol. The van der Waals surface area contributed by atoms with Gasteiger partial charge in [0.05, 0.1) is 0 Å². The third-order valence-corrected chi connectivity index (χ3v) is 2.64. The fourth-order valence-corrected chi connectivity index (χ4v) is 1.86. The van der Waals surface area contributed by atoms with Gasteiger partial charge in [0.15, 0.2) is 0 Å². The number of likely N-dealkylation sites (tertiary alicyclic amines) is 1. The van der Waals surface area contributed by atoms with Gasteiger partial charge in [-0.3, -0.25) is 0 Å². The van der Waals surface area contributed by atoms with Gasteiger partial charge < -0.3 is 15.6 Å². The fraction of sp³-hybridized carbons (Fsp3) is 0.500. The van der Waals surface area contributed by atoms with Crippen molar-refractivity contribution < 1.29 is 0 Å². The Kier molecular flexibility index (Phi) is 3.03. The summed E-state index contributed by atoms with van der Waals surface area (Å²) in [5.74, 6) is 6.87. The first-order valence-corrected chi connectivity index (χ1v) is 5.16. The monoisotopic (exact) mass is 207 g/mol. The van der Waals surface area contributed by atoms with Gasteiger partial charge >= 0.3 is 0 Å². The fourth-order valence-electron chi connectivity index (χ4n) is 1.86. The van der Waals surface area contributed by atoms with Crippen molar-refractivity contribution in [2.75, 3.05) is 30.9 Å². The van der Waals surface area contributed by atoms with Crippen molar-refractivity contribution in [1.82, 2.24) is 9.88 Å². The molecule has 1 fully saturated rings. The first-order chi connectivity index (χ1) is 7.28. The van der Waals surface area contributed by atoms with Crippen molar-refractivity contribution in [3.63, 3.8) is 0 Å². The molecule has 1 aromatic rings. The van der Waals surface area contributed by atoms with Crippen LogP contribution in [-0.4, -0.2) is 36.1 Å². The quantitative estimate of drug-likeness (QED) is 0.497. The standard InChI is InChI=1S/C10H17N5/c1-15-6-5-8(7-15)12-9-3-2-4-10(13-9)14-11/h2-4,8H,5-7,11H2,1H3,(H2,12,13,14). The molecule has 1 aliphatic heterocycles. The maximum atomic E-state index is 5.30. The van der Waals surface area contributed by atoms with Gasteiger partial charge in [-0.2, -0.15) is 0 Å². The third kappa shape index (κ3) is 2.57. The van der Waals surface area contributed by atoms with E-state index in [2.05, 4.69) is 27.7 Å². The normalized spacial score (nSPS) is 21.6. The maximum Gasteiger partial charge on any atom is 0.142 e. The first kappa shape index (κ1) is 10.2. The van der Waals surface area contributed by atoms with Crippen LogP contribution in [0.2, 0.25) is 0 Å². The van der Waals surface area contributed by atoms with Gasteiger partial charge in [-0.1, -0.05) is 6.07 Å². The van der Waals surface area contributed by atoms with Gasteiger partial charge in [0.2, 0.25) is 0 Å². The van der Waals surface area contributed by atoms with E-state index >= 15 is 0 Å². The summed E-state index contributed by atoms with van der Waals surface area (Å²) >= 11 is 0. The van der Waals surface area contributed by atoms with Crippen LogP contribution in [0.25, 0.3) is 0 Å². The molecule has 2 rings (SSSR count). The van der Waals surface area contributed by atoms with Crippen LogP contribution in [0, 0.1) is 0 Å². The number of aromatic nitrogens is 1. The molecule has 0 bridgehead atoms. The number of anilines is 2. The molecule has 2 heterocycles. The van der Waals surface area contributed by atoms with E-state index in [1.165, 1.54) is 6.42 Å². The summed E-state index contributed by atoms with van der Waals surface area (Å²) in [6.45, 7) is 2.22. The number of nitrogens with zero attached hydrogens (tertiary/aromatic N) is 2. The zero-order chi connectivity index (χ0) is 10.7. The minimum atomic E-state index is 0.496. The molecule has 5 heteroatoms. The second-order valence-corrected chi connectivity index (χ2v) is 3.94. The van der Waals surface area contributed by atoms with E-state index in [9.17, 15) is 0 Å². The van der Waals surface area contributed by atoms with E-state index in [0.717, 1.165) is 18.9 Å². The Bertz CT molecular complexity index is 327. The third-order valence-electron chi connectivity index (χ3n) is 2.64. The minimum absolute atomic E-state index is 0.496. The molecule has 1 atom stereocenters. The summed E-state index contributed by atoms with van der Waals surface area (Å²) in [5.41, 5.74) is 2.54. The van der Waals surface area contributed by atoms with E-state index in [-0.39, 0.29) is 0 Å². The predicted octanol–water partition coefficient (Wildman–Crippen LogP) is 0.483. The number of hydrazine groups is 1. The molecule has 1 aromatic heterocycles. The van der Waals surface area contributed by atoms with Crippen LogP contribution in [0.3, 0.4) is 0 Å². The molecule has 0 aliphatic carbocycles. The lowest BCUT2D eigenvalue weighted by Gasteiger charge is -2.13. The lowest BCUT2D eigenvalue weighted by atomic mass is 10.2. The number of hydrogen-bond donors (Lipinski definition) is 3. The van der Waals surface area contributed by atoms with Crippen LogP contribution in [0.1, 0.15) is 6.42 Å². The van der Waals surface area contributed by atoms with Crippen molar-refractivity contribution in [1.29, 1.82) is 0 Å². The largest absolute Gasteiger partial charge is 0.366 e. The van der Waals surface area contributed by atoms with Crippen LogP contribution < -0.4 is 16.6 Å². The van der Waals surface area contributed by atoms with Gasteiger partial charge in [0.1, 0.15) is 11.6 Å². The van der Waals surface area contributed by atoms with Crippen LogP contribution in [0.15, 0.2) is 18.2 Å². The van der Waals surface area contributed by atoms with Crippen molar-refractivity contribution in [2.24, 2.45) is 5.84 Å². The van der Waals surface area contributed by atoms with Gasteiger partial charge in [-0.05, 0) is 32.1 Å². The summed E-state index contributed by atoms with van der Waals surface area (Å²) in [6, 6.07) is 6.23. The molecule has 0 radical (unpaired) electrons. The van der Waals surface area contributed by atoms with Crippen LogP contribution in [-0.2, 0) is 0 Å². The van der Waals surface area contributed by atoms with Crippen LogP contribution in [0.5, 0.6) is 0 Å². The number of nitrogens with two attached hydrogens (primary N) is 1. The Morgan fingerprint density at radius 3 is 2.93 bits per heavy atom. The van der Waals surface area contributed by atoms with Crippen molar-refractivity contribution in [3.05, 3.63) is 18.2 Å². The number of pyridine rings is 1. The molecule has 0 aromatic carbocycles. The van der Waals surface area contributed by atoms with Crippen molar-refractivity contribution >= 4 is 11.6 Å². The van der Waals surface area contributed by atoms with Crippen LogP contribution >= 0.6 is 0 Å². The van der Waals surface area contributed by atoms with Crippen molar-refractivity contribution in [2.45, 2.75) is 12.5 Å². The number of nitrogens with one attached hydrogen (secondary N) is 2. The molecule has 0 spiro atoms. The molecule has 82 valence electrons. The molecule has 4 N–H and O–H groups in total. The highest BCUT2D eigenvalue weighted by molar-refractivity contribution is 5.45. The summed E-state index contributed by atoms with van der Waals surface area (Å²) in [5, 5.41) is 3.40. The lowest BCUT2D eigenvalue weighted by Crippen LogP contribution is -2.24. The molecular weight excluding hydrogens is 190 g/mol. The average Bonchev–Trinajstić information content (AvgIpc) is 2.64. The topological polar surface area (TPSA) is 66.2 Å². The van der Waals surface area contributed by atoms with Gasteiger partial charge in [-0.25, -0.2) is 10.8 Å². The van der Waals surface area contributed by atoms with Crippen molar-refractivity contribution in [3.8, 4) is 0 Å². The smallest absolute Gasteiger partial charge is 0.142 e. The number of likely N-dealkylation sites (N-methyl/N-ethyl adjacent to an activating group) is 1. The highest BCUT2D eigenvalue weighted by Gasteiger charge is 2.19. The van der Waals surface area contributed by atoms with Gasteiger partial charge in [-0.15, -0.1) is 0 Å². The Balaban J connectivity index is 1.98. The Morgan fingerprint density at radius 2 is 2.27 bits per heavy atom. The maximum absolute atomic E-state index is 5.30. The summed E-state index contributed by atoms with van der Waals surface area (Å²) < 4.78 is 0. The zero-order valence-corrected chi connectivity index (χ0v) is 8.90.